The summed E-state index contributed by atoms with van der Waals surface area (Å²) < 4.78 is 28.6. The first kappa shape index (κ1) is 18.5. The lowest BCUT2D eigenvalue weighted by atomic mass is 9.86. The molecule has 7 heteroatoms. The van der Waals surface area contributed by atoms with E-state index in [0.717, 1.165) is 27.9 Å². The number of aryl methyl sites for hydroxylation is 1. The Bertz CT molecular complexity index is 1030. The van der Waals surface area contributed by atoms with Gasteiger partial charge in [0.1, 0.15) is 11.6 Å². The number of benzene rings is 1. The Hall–Kier alpha value is -2.83. The van der Waals surface area contributed by atoms with Gasteiger partial charge in [-0.25, -0.2) is 18.7 Å². The molecular formula is C21H22F2N4O. The number of alkyl halides is 2. The van der Waals surface area contributed by atoms with Crippen LogP contribution in [0.4, 0.5) is 14.6 Å². The van der Waals surface area contributed by atoms with Crippen LogP contribution in [0, 0.1) is 12.8 Å². The summed E-state index contributed by atoms with van der Waals surface area (Å²) in [6, 6.07) is 7.84. The number of amides is 1. The number of rotatable bonds is 3. The molecule has 4 rings (SSSR count). The van der Waals surface area contributed by atoms with Gasteiger partial charge in [0, 0.05) is 43.0 Å². The number of hydrogen-bond donors (Lipinski definition) is 1. The van der Waals surface area contributed by atoms with Crippen molar-refractivity contribution in [3.05, 3.63) is 42.5 Å². The van der Waals surface area contributed by atoms with Crippen LogP contribution in [-0.4, -0.2) is 26.4 Å². The van der Waals surface area contributed by atoms with Crippen molar-refractivity contribution in [2.24, 2.45) is 13.0 Å². The van der Waals surface area contributed by atoms with Crippen LogP contribution in [0.25, 0.3) is 22.0 Å². The monoisotopic (exact) mass is 384 g/mol. The Morgan fingerprint density at radius 1 is 1.14 bits per heavy atom. The largest absolute Gasteiger partial charge is 0.331 e. The first-order valence-corrected chi connectivity index (χ1v) is 9.40. The maximum atomic E-state index is 13.3. The molecule has 0 radical (unpaired) electrons. The predicted octanol–water partition coefficient (Wildman–Crippen LogP) is 4.71. The first-order valence-electron chi connectivity index (χ1n) is 9.40. The fourth-order valence-corrected chi connectivity index (χ4v) is 3.67. The zero-order chi connectivity index (χ0) is 19.9. The van der Waals surface area contributed by atoms with Crippen molar-refractivity contribution in [3.8, 4) is 11.3 Å². The van der Waals surface area contributed by atoms with Crippen molar-refractivity contribution >= 4 is 22.5 Å². The van der Waals surface area contributed by atoms with Gasteiger partial charge in [-0.05, 0) is 37.3 Å². The van der Waals surface area contributed by atoms with Gasteiger partial charge in [-0.1, -0.05) is 12.1 Å². The third-order valence-corrected chi connectivity index (χ3v) is 5.58. The molecule has 2 heterocycles. The van der Waals surface area contributed by atoms with Gasteiger partial charge in [-0.15, -0.1) is 0 Å². The van der Waals surface area contributed by atoms with Crippen LogP contribution in [-0.2, 0) is 11.8 Å². The molecule has 1 amide bonds. The molecule has 1 aliphatic rings. The van der Waals surface area contributed by atoms with E-state index in [1.165, 1.54) is 0 Å². The Labute approximate surface area is 161 Å². The Balaban J connectivity index is 1.55. The molecule has 28 heavy (non-hydrogen) atoms. The molecule has 3 aromatic rings. The fraction of sp³-hybridized carbons (Fsp3) is 0.381. The summed E-state index contributed by atoms with van der Waals surface area (Å²) in [6.07, 6.45) is 3.48. The van der Waals surface area contributed by atoms with Crippen LogP contribution < -0.4 is 5.32 Å². The van der Waals surface area contributed by atoms with Gasteiger partial charge < -0.3 is 9.88 Å². The molecule has 2 aromatic heterocycles. The summed E-state index contributed by atoms with van der Waals surface area (Å²) in [6.45, 7) is 1.95. The van der Waals surface area contributed by atoms with Gasteiger partial charge in [0.2, 0.25) is 11.8 Å². The van der Waals surface area contributed by atoms with Gasteiger partial charge in [0.25, 0.3) is 0 Å². The predicted molar refractivity (Wildman–Crippen MR) is 104 cm³/mol. The van der Waals surface area contributed by atoms with Crippen molar-refractivity contribution in [1.29, 1.82) is 0 Å². The van der Waals surface area contributed by atoms with Gasteiger partial charge in [0.15, 0.2) is 0 Å². The van der Waals surface area contributed by atoms with Crippen molar-refractivity contribution in [2.45, 2.75) is 38.5 Å². The lowest BCUT2D eigenvalue weighted by Gasteiger charge is -2.27. The van der Waals surface area contributed by atoms with Crippen molar-refractivity contribution in [3.63, 3.8) is 0 Å². The van der Waals surface area contributed by atoms with Crippen LogP contribution in [0.1, 0.15) is 31.5 Å². The molecule has 0 spiro atoms. The van der Waals surface area contributed by atoms with E-state index in [-0.39, 0.29) is 37.5 Å². The Kier molecular flexibility index (Phi) is 4.61. The lowest BCUT2D eigenvalue weighted by molar-refractivity contribution is -0.124. The highest BCUT2D eigenvalue weighted by molar-refractivity contribution is 5.95. The second-order valence-corrected chi connectivity index (χ2v) is 7.50. The van der Waals surface area contributed by atoms with E-state index in [1.54, 1.807) is 6.20 Å². The molecule has 0 unspecified atom stereocenters. The number of halogens is 2. The van der Waals surface area contributed by atoms with E-state index >= 15 is 0 Å². The minimum atomic E-state index is -2.64. The number of anilines is 1. The van der Waals surface area contributed by atoms with Crippen LogP contribution >= 0.6 is 0 Å². The second-order valence-electron chi connectivity index (χ2n) is 7.50. The molecule has 1 aromatic carbocycles. The second kappa shape index (κ2) is 6.96. The van der Waals surface area contributed by atoms with E-state index in [1.807, 2.05) is 49.0 Å². The lowest BCUT2D eigenvalue weighted by Crippen LogP contribution is -2.32. The van der Waals surface area contributed by atoms with Crippen LogP contribution in [0.15, 0.2) is 36.7 Å². The molecule has 5 nitrogen and oxygen atoms in total. The zero-order valence-corrected chi connectivity index (χ0v) is 15.9. The van der Waals surface area contributed by atoms with E-state index in [0.29, 0.717) is 5.82 Å². The van der Waals surface area contributed by atoms with Gasteiger partial charge in [-0.3, -0.25) is 4.79 Å². The van der Waals surface area contributed by atoms with Gasteiger partial charge >= 0.3 is 0 Å². The number of fused-ring (bicyclic) bond motifs is 1. The normalized spacial score (nSPS) is 17.0. The molecule has 0 bridgehead atoms. The number of imidazole rings is 1. The highest BCUT2D eigenvalue weighted by atomic mass is 19.3. The number of carbonyl (C=O) groups excluding carboxylic acids is 1. The topological polar surface area (TPSA) is 59.8 Å². The molecule has 1 fully saturated rings. The summed E-state index contributed by atoms with van der Waals surface area (Å²) in [5.41, 5.74) is 2.03. The molecule has 1 N–H and O–H groups in total. The summed E-state index contributed by atoms with van der Waals surface area (Å²) in [5.74, 6) is -1.90. The van der Waals surface area contributed by atoms with Crippen molar-refractivity contribution < 1.29 is 13.6 Å². The number of carbonyl (C=O) groups is 1. The average Bonchev–Trinajstić information content (AvgIpc) is 3.00. The van der Waals surface area contributed by atoms with E-state index in [2.05, 4.69) is 15.3 Å². The van der Waals surface area contributed by atoms with E-state index in [9.17, 15) is 13.6 Å². The molecule has 1 saturated carbocycles. The van der Waals surface area contributed by atoms with Crippen LogP contribution in [0.5, 0.6) is 0 Å². The summed E-state index contributed by atoms with van der Waals surface area (Å²) >= 11 is 0. The third kappa shape index (κ3) is 3.61. The number of pyridine rings is 1. The van der Waals surface area contributed by atoms with Crippen molar-refractivity contribution in [2.75, 3.05) is 5.32 Å². The summed E-state index contributed by atoms with van der Waals surface area (Å²) in [7, 11) is 1.97. The molecule has 0 saturated heterocycles. The maximum Gasteiger partial charge on any atom is 0.248 e. The highest BCUT2D eigenvalue weighted by Gasteiger charge is 2.37. The molecule has 1 aliphatic carbocycles. The van der Waals surface area contributed by atoms with Crippen LogP contribution in [0.2, 0.25) is 0 Å². The first-order chi connectivity index (χ1) is 13.3. The smallest absolute Gasteiger partial charge is 0.248 e. The number of hydrogen-bond acceptors (Lipinski definition) is 3. The minimum Gasteiger partial charge on any atom is -0.331 e. The minimum absolute atomic E-state index is 0.205. The fourth-order valence-electron chi connectivity index (χ4n) is 3.67. The summed E-state index contributed by atoms with van der Waals surface area (Å²) in [5, 5.41) is 4.69. The standard InChI is InChI=1S/C21H22F2N4O/c1-13-24-12-18(27(13)2)15-3-4-16-11-25-19(10-17(16)9-15)26-20(28)14-5-7-21(22,23)8-6-14/h3-4,9-12,14H,5-8H2,1-2H3,(H,25,26,28). The van der Waals surface area contributed by atoms with Crippen LogP contribution in [0.3, 0.4) is 0 Å². The highest BCUT2D eigenvalue weighted by Crippen LogP contribution is 2.36. The molecular weight excluding hydrogens is 362 g/mol. The van der Waals surface area contributed by atoms with E-state index in [4.69, 9.17) is 0 Å². The molecule has 0 atom stereocenters. The van der Waals surface area contributed by atoms with Gasteiger partial charge in [0.05, 0.1) is 11.9 Å². The number of nitrogens with zero attached hydrogens (tertiary/aromatic N) is 3. The Morgan fingerprint density at radius 2 is 1.89 bits per heavy atom. The average molecular weight is 384 g/mol. The molecule has 146 valence electrons. The van der Waals surface area contributed by atoms with Crippen molar-refractivity contribution in [1.82, 2.24) is 14.5 Å². The number of nitrogens with one attached hydrogen (secondary N) is 1. The third-order valence-electron chi connectivity index (χ3n) is 5.58. The SMILES string of the molecule is Cc1ncc(-c2ccc3cnc(NC(=O)C4CCC(F)(F)CC4)cc3c2)n1C. The maximum absolute atomic E-state index is 13.3. The molecule has 0 aliphatic heterocycles. The van der Waals surface area contributed by atoms with Gasteiger partial charge in [-0.2, -0.15) is 0 Å². The Morgan fingerprint density at radius 3 is 2.57 bits per heavy atom. The number of aromatic nitrogens is 3. The quantitative estimate of drug-likeness (QED) is 0.712. The summed E-state index contributed by atoms with van der Waals surface area (Å²) in [4.78, 5) is 21.1. The van der Waals surface area contributed by atoms with E-state index < -0.39 is 5.92 Å². The zero-order valence-electron chi connectivity index (χ0n) is 15.9.